The summed E-state index contributed by atoms with van der Waals surface area (Å²) in [7, 11) is 0. The van der Waals surface area contributed by atoms with Crippen LogP contribution in [0.15, 0.2) is 42.6 Å². The molecule has 2 heterocycles. The summed E-state index contributed by atoms with van der Waals surface area (Å²) in [5.41, 5.74) is 6.05. The fourth-order valence-electron chi connectivity index (χ4n) is 1.74. The average molecular weight is 271 g/mol. The first-order chi connectivity index (χ1) is 9.61. The predicted octanol–water partition coefficient (Wildman–Crippen LogP) is 2.01. The van der Waals surface area contributed by atoms with Gasteiger partial charge in [0.05, 0.1) is 17.2 Å². The molecule has 1 aromatic carbocycles. The molecule has 0 radical (unpaired) electrons. The molecule has 0 aliphatic rings. The van der Waals surface area contributed by atoms with Gasteiger partial charge in [-0.05, 0) is 18.2 Å². The molecule has 0 aliphatic heterocycles. The smallest absolute Gasteiger partial charge is 0.273 e. The van der Waals surface area contributed by atoms with Crippen LogP contribution in [-0.4, -0.2) is 19.5 Å². The first kappa shape index (κ1) is 11.9. The average Bonchev–Trinajstić information content (AvgIpc) is 2.78. The minimum absolute atomic E-state index is 0.0337. The number of rotatable bonds is 3. The fourth-order valence-corrected chi connectivity index (χ4v) is 1.74. The number of hydrogen-bond acceptors (Lipinski definition) is 6. The standard InChI is InChI=1S/C12H9N5O3/c13-12-14-11-5-4-10(7-16(11)15-12)20-9-3-1-2-8(6-9)17(18)19/h1-7H,(H2,13,15). The lowest BCUT2D eigenvalue weighted by Crippen LogP contribution is -1.92. The van der Waals surface area contributed by atoms with E-state index < -0.39 is 4.92 Å². The van der Waals surface area contributed by atoms with Gasteiger partial charge in [-0.3, -0.25) is 10.1 Å². The largest absolute Gasteiger partial charge is 0.455 e. The molecule has 2 aromatic heterocycles. The first-order valence-corrected chi connectivity index (χ1v) is 5.66. The number of nitro benzene ring substituents is 1. The van der Waals surface area contributed by atoms with E-state index in [-0.39, 0.29) is 11.6 Å². The summed E-state index contributed by atoms with van der Waals surface area (Å²) in [5, 5.41) is 14.7. The van der Waals surface area contributed by atoms with Crippen molar-refractivity contribution >= 4 is 17.3 Å². The highest BCUT2D eigenvalue weighted by Crippen LogP contribution is 2.25. The summed E-state index contributed by atoms with van der Waals surface area (Å²) in [5.74, 6) is 1.01. The van der Waals surface area contributed by atoms with E-state index in [1.54, 1.807) is 30.5 Å². The van der Waals surface area contributed by atoms with Gasteiger partial charge in [0, 0.05) is 6.07 Å². The lowest BCUT2D eigenvalue weighted by molar-refractivity contribution is -0.384. The van der Waals surface area contributed by atoms with Gasteiger partial charge in [-0.15, -0.1) is 5.10 Å². The van der Waals surface area contributed by atoms with Crippen molar-refractivity contribution in [3.8, 4) is 11.5 Å². The molecular formula is C12H9N5O3. The van der Waals surface area contributed by atoms with Crippen molar-refractivity contribution in [1.29, 1.82) is 0 Å². The Morgan fingerprint density at radius 2 is 2.10 bits per heavy atom. The SMILES string of the molecule is Nc1nc2ccc(Oc3cccc([N+](=O)[O-])c3)cn2n1. The van der Waals surface area contributed by atoms with Gasteiger partial charge < -0.3 is 10.5 Å². The Balaban J connectivity index is 1.92. The molecule has 0 fully saturated rings. The third kappa shape index (κ3) is 2.21. The van der Waals surface area contributed by atoms with Gasteiger partial charge in [0.1, 0.15) is 11.5 Å². The molecule has 2 N–H and O–H groups in total. The second-order valence-electron chi connectivity index (χ2n) is 3.99. The number of ether oxygens (including phenoxy) is 1. The fraction of sp³-hybridized carbons (Fsp3) is 0. The van der Waals surface area contributed by atoms with Crippen LogP contribution in [0.1, 0.15) is 0 Å². The van der Waals surface area contributed by atoms with E-state index in [2.05, 4.69) is 10.1 Å². The highest BCUT2D eigenvalue weighted by Gasteiger charge is 2.08. The summed E-state index contributed by atoms with van der Waals surface area (Å²) in [6.07, 6.45) is 1.59. The maximum absolute atomic E-state index is 10.7. The highest BCUT2D eigenvalue weighted by molar-refractivity contribution is 5.45. The molecule has 0 atom stereocenters. The Bertz CT molecular complexity index is 799. The number of pyridine rings is 1. The molecule has 20 heavy (non-hydrogen) atoms. The van der Waals surface area contributed by atoms with Crippen LogP contribution in [0.25, 0.3) is 5.65 Å². The van der Waals surface area contributed by atoms with Crippen LogP contribution in [0.3, 0.4) is 0 Å². The van der Waals surface area contributed by atoms with E-state index >= 15 is 0 Å². The van der Waals surface area contributed by atoms with E-state index in [0.717, 1.165) is 0 Å². The zero-order chi connectivity index (χ0) is 14.1. The molecule has 0 saturated heterocycles. The normalized spacial score (nSPS) is 10.6. The molecule has 8 heteroatoms. The molecule has 0 saturated carbocycles. The van der Waals surface area contributed by atoms with Gasteiger partial charge >= 0.3 is 0 Å². The van der Waals surface area contributed by atoms with Gasteiger partial charge in [0.15, 0.2) is 5.65 Å². The molecule has 0 amide bonds. The minimum Gasteiger partial charge on any atom is -0.455 e. The summed E-state index contributed by atoms with van der Waals surface area (Å²) in [4.78, 5) is 14.2. The molecule has 100 valence electrons. The highest BCUT2D eigenvalue weighted by atomic mass is 16.6. The molecule has 0 spiro atoms. The predicted molar refractivity (Wildman–Crippen MR) is 70.6 cm³/mol. The van der Waals surface area contributed by atoms with Crippen molar-refractivity contribution in [2.45, 2.75) is 0 Å². The number of nitrogens with zero attached hydrogens (tertiary/aromatic N) is 4. The lowest BCUT2D eigenvalue weighted by atomic mass is 10.3. The third-order valence-corrected chi connectivity index (χ3v) is 2.58. The van der Waals surface area contributed by atoms with Crippen molar-refractivity contribution in [2.75, 3.05) is 5.73 Å². The summed E-state index contributed by atoms with van der Waals surface area (Å²) in [6.45, 7) is 0. The Labute approximate surface area is 112 Å². The minimum atomic E-state index is -0.478. The molecule has 3 aromatic rings. The number of non-ortho nitro benzene ring substituents is 1. The van der Waals surface area contributed by atoms with Gasteiger partial charge in [-0.25, -0.2) is 4.52 Å². The number of fused-ring (bicyclic) bond motifs is 1. The van der Waals surface area contributed by atoms with Crippen molar-refractivity contribution in [3.63, 3.8) is 0 Å². The number of nitro groups is 1. The van der Waals surface area contributed by atoms with Gasteiger partial charge in [-0.2, -0.15) is 4.98 Å². The quantitative estimate of drug-likeness (QED) is 0.576. The zero-order valence-electron chi connectivity index (χ0n) is 10.1. The maximum Gasteiger partial charge on any atom is 0.273 e. The number of nitrogens with two attached hydrogens (primary N) is 1. The lowest BCUT2D eigenvalue weighted by Gasteiger charge is -2.05. The van der Waals surface area contributed by atoms with Crippen LogP contribution in [-0.2, 0) is 0 Å². The number of benzene rings is 1. The second kappa shape index (κ2) is 4.50. The Kier molecular flexibility index (Phi) is 2.68. The summed E-state index contributed by atoms with van der Waals surface area (Å²) >= 11 is 0. The van der Waals surface area contributed by atoms with Gasteiger partial charge in [0.2, 0.25) is 5.95 Å². The van der Waals surface area contributed by atoms with E-state index in [1.165, 1.54) is 16.6 Å². The molecule has 3 rings (SSSR count). The van der Waals surface area contributed by atoms with Crippen LogP contribution < -0.4 is 10.5 Å². The van der Waals surface area contributed by atoms with Crippen LogP contribution in [0.5, 0.6) is 11.5 Å². The van der Waals surface area contributed by atoms with E-state index in [0.29, 0.717) is 17.1 Å². The Hall–Kier alpha value is -3.16. The van der Waals surface area contributed by atoms with E-state index in [4.69, 9.17) is 10.5 Å². The number of nitrogen functional groups attached to an aromatic ring is 1. The Morgan fingerprint density at radius 1 is 1.25 bits per heavy atom. The topological polar surface area (TPSA) is 109 Å². The first-order valence-electron chi connectivity index (χ1n) is 5.66. The maximum atomic E-state index is 10.7. The molecule has 8 nitrogen and oxygen atoms in total. The molecule has 0 aliphatic carbocycles. The molecular weight excluding hydrogens is 262 g/mol. The van der Waals surface area contributed by atoms with Gasteiger partial charge in [-0.1, -0.05) is 6.07 Å². The zero-order valence-corrected chi connectivity index (χ0v) is 10.1. The van der Waals surface area contributed by atoms with Crippen LogP contribution in [0, 0.1) is 10.1 Å². The van der Waals surface area contributed by atoms with Crippen LogP contribution >= 0.6 is 0 Å². The Morgan fingerprint density at radius 3 is 2.90 bits per heavy atom. The summed E-state index contributed by atoms with van der Waals surface area (Å²) < 4.78 is 7.03. The number of hydrogen-bond donors (Lipinski definition) is 1. The van der Waals surface area contributed by atoms with Crippen LogP contribution in [0.4, 0.5) is 11.6 Å². The van der Waals surface area contributed by atoms with Gasteiger partial charge in [0.25, 0.3) is 5.69 Å². The second-order valence-corrected chi connectivity index (χ2v) is 3.99. The third-order valence-electron chi connectivity index (χ3n) is 2.58. The van der Waals surface area contributed by atoms with Crippen molar-refractivity contribution in [3.05, 3.63) is 52.7 Å². The van der Waals surface area contributed by atoms with E-state index in [9.17, 15) is 10.1 Å². The summed E-state index contributed by atoms with van der Waals surface area (Å²) in [6, 6.07) is 9.30. The van der Waals surface area contributed by atoms with Crippen molar-refractivity contribution in [2.24, 2.45) is 0 Å². The monoisotopic (exact) mass is 271 g/mol. The molecule has 0 unspecified atom stereocenters. The number of aromatic nitrogens is 3. The number of anilines is 1. The molecule has 0 bridgehead atoms. The van der Waals surface area contributed by atoms with Crippen LogP contribution in [0.2, 0.25) is 0 Å². The van der Waals surface area contributed by atoms with Crippen molar-refractivity contribution in [1.82, 2.24) is 14.6 Å². The van der Waals surface area contributed by atoms with E-state index in [1.807, 2.05) is 0 Å². The van der Waals surface area contributed by atoms with Crippen molar-refractivity contribution < 1.29 is 9.66 Å².